The molecule has 0 saturated carbocycles. The summed E-state index contributed by atoms with van der Waals surface area (Å²) in [6, 6.07) is 22.6. The molecule has 2 heterocycles. The zero-order valence-electron chi connectivity index (χ0n) is 18.7. The van der Waals surface area contributed by atoms with E-state index in [-0.39, 0.29) is 18.2 Å². The van der Waals surface area contributed by atoms with Gasteiger partial charge in [-0.2, -0.15) is 0 Å². The molecule has 0 spiro atoms. The predicted molar refractivity (Wildman–Crippen MR) is 126 cm³/mol. The van der Waals surface area contributed by atoms with E-state index in [1.165, 1.54) is 0 Å². The molecule has 2 amide bonds. The van der Waals surface area contributed by atoms with Gasteiger partial charge in [-0.25, -0.2) is 0 Å². The standard InChI is InChI=1S/C26H28N4O3/c1-19-7-5-9-21(29-19)17-28-25(31)16-24-26(32)27-13-14-30(24)18-20-8-6-12-23(15-20)33-22-10-3-2-4-11-22/h2-12,15,24H,13-14,16-18H2,1H3,(H,27,32)(H,28,31). The molecule has 1 aromatic heterocycles. The molecule has 1 unspecified atom stereocenters. The number of piperazine rings is 1. The molecule has 4 rings (SSSR count). The number of pyridine rings is 1. The van der Waals surface area contributed by atoms with E-state index in [0.717, 1.165) is 28.5 Å². The van der Waals surface area contributed by atoms with Gasteiger partial charge < -0.3 is 15.4 Å². The second-order valence-corrected chi connectivity index (χ2v) is 8.09. The lowest BCUT2D eigenvalue weighted by atomic mass is 10.1. The van der Waals surface area contributed by atoms with Gasteiger partial charge in [0.15, 0.2) is 0 Å². The molecule has 1 saturated heterocycles. The van der Waals surface area contributed by atoms with Crippen molar-refractivity contribution in [3.05, 3.63) is 89.7 Å². The van der Waals surface area contributed by atoms with Crippen LogP contribution < -0.4 is 15.4 Å². The fourth-order valence-corrected chi connectivity index (χ4v) is 3.87. The van der Waals surface area contributed by atoms with Crippen molar-refractivity contribution in [1.29, 1.82) is 0 Å². The van der Waals surface area contributed by atoms with Gasteiger partial charge in [0.05, 0.1) is 24.7 Å². The van der Waals surface area contributed by atoms with Crippen molar-refractivity contribution < 1.29 is 14.3 Å². The monoisotopic (exact) mass is 444 g/mol. The van der Waals surface area contributed by atoms with Crippen molar-refractivity contribution in [1.82, 2.24) is 20.5 Å². The largest absolute Gasteiger partial charge is 0.457 e. The molecule has 0 aliphatic carbocycles. The Labute approximate surface area is 193 Å². The van der Waals surface area contributed by atoms with Crippen molar-refractivity contribution in [3.63, 3.8) is 0 Å². The number of carbonyl (C=O) groups excluding carboxylic acids is 2. The summed E-state index contributed by atoms with van der Waals surface area (Å²) in [5.41, 5.74) is 2.72. The van der Waals surface area contributed by atoms with Gasteiger partial charge >= 0.3 is 0 Å². The van der Waals surface area contributed by atoms with Crippen LogP contribution in [0.2, 0.25) is 0 Å². The number of para-hydroxylation sites is 1. The summed E-state index contributed by atoms with van der Waals surface area (Å²) in [7, 11) is 0. The van der Waals surface area contributed by atoms with Gasteiger partial charge in [0.25, 0.3) is 0 Å². The van der Waals surface area contributed by atoms with Crippen molar-refractivity contribution in [2.45, 2.75) is 32.5 Å². The summed E-state index contributed by atoms with van der Waals surface area (Å²) in [5.74, 6) is 1.21. The van der Waals surface area contributed by atoms with Crippen LogP contribution in [0.5, 0.6) is 11.5 Å². The molecule has 3 aromatic rings. The average Bonchev–Trinajstić information content (AvgIpc) is 2.81. The minimum atomic E-state index is -0.525. The Hall–Kier alpha value is -3.71. The Morgan fingerprint density at radius 3 is 2.70 bits per heavy atom. The van der Waals surface area contributed by atoms with Crippen molar-refractivity contribution in [2.75, 3.05) is 13.1 Å². The lowest BCUT2D eigenvalue weighted by Crippen LogP contribution is -2.56. The fourth-order valence-electron chi connectivity index (χ4n) is 3.87. The highest BCUT2D eigenvalue weighted by atomic mass is 16.5. The third-order valence-corrected chi connectivity index (χ3v) is 5.50. The average molecular weight is 445 g/mol. The summed E-state index contributed by atoms with van der Waals surface area (Å²) in [5, 5.41) is 5.77. The molecule has 1 aliphatic heterocycles. The number of ether oxygens (including phenoxy) is 1. The van der Waals surface area contributed by atoms with Gasteiger partial charge in [0.2, 0.25) is 11.8 Å². The van der Waals surface area contributed by atoms with E-state index in [4.69, 9.17) is 4.74 Å². The number of nitrogens with one attached hydrogen (secondary N) is 2. The maximum Gasteiger partial charge on any atom is 0.237 e. The highest BCUT2D eigenvalue weighted by molar-refractivity contribution is 5.88. The van der Waals surface area contributed by atoms with Crippen LogP contribution in [0.3, 0.4) is 0 Å². The first-order chi connectivity index (χ1) is 16.1. The van der Waals surface area contributed by atoms with E-state index in [9.17, 15) is 9.59 Å². The Balaban J connectivity index is 1.38. The minimum absolute atomic E-state index is 0.0951. The topological polar surface area (TPSA) is 83.6 Å². The molecule has 0 bridgehead atoms. The van der Waals surface area contributed by atoms with Crippen LogP contribution in [0.15, 0.2) is 72.8 Å². The minimum Gasteiger partial charge on any atom is -0.457 e. The number of benzene rings is 2. The Bertz CT molecular complexity index is 1100. The Morgan fingerprint density at radius 1 is 1.09 bits per heavy atom. The summed E-state index contributed by atoms with van der Waals surface area (Å²) >= 11 is 0. The van der Waals surface area contributed by atoms with Gasteiger partial charge in [-0.1, -0.05) is 36.4 Å². The maximum atomic E-state index is 12.6. The van der Waals surface area contributed by atoms with E-state index in [0.29, 0.717) is 26.2 Å². The first-order valence-corrected chi connectivity index (χ1v) is 11.1. The lowest BCUT2D eigenvalue weighted by Gasteiger charge is -2.34. The van der Waals surface area contributed by atoms with Crippen LogP contribution in [0.1, 0.15) is 23.4 Å². The van der Waals surface area contributed by atoms with Crippen LogP contribution >= 0.6 is 0 Å². The first kappa shape index (κ1) is 22.5. The van der Waals surface area contributed by atoms with E-state index in [1.807, 2.05) is 84.6 Å². The molecule has 170 valence electrons. The normalized spacial score (nSPS) is 16.2. The third kappa shape index (κ3) is 6.40. The Kier molecular flexibility index (Phi) is 7.32. The number of hydrogen-bond acceptors (Lipinski definition) is 5. The number of aryl methyl sites for hydroxylation is 1. The van der Waals surface area contributed by atoms with Crippen LogP contribution in [-0.2, 0) is 22.7 Å². The van der Waals surface area contributed by atoms with E-state index in [2.05, 4.69) is 15.6 Å². The van der Waals surface area contributed by atoms with E-state index < -0.39 is 6.04 Å². The molecular formula is C26H28N4O3. The first-order valence-electron chi connectivity index (χ1n) is 11.1. The summed E-state index contributed by atoms with van der Waals surface area (Å²) in [4.78, 5) is 31.6. The van der Waals surface area contributed by atoms with Gasteiger partial charge in [0.1, 0.15) is 11.5 Å². The molecule has 0 radical (unpaired) electrons. The summed E-state index contributed by atoms with van der Waals surface area (Å²) in [6.07, 6.45) is 0.0951. The molecule has 2 aromatic carbocycles. The molecule has 7 heteroatoms. The van der Waals surface area contributed by atoms with Crippen molar-refractivity contribution in [3.8, 4) is 11.5 Å². The van der Waals surface area contributed by atoms with Gasteiger partial charge in [-0.05, 0) is 48.9 Å². The van der Waals surface area contributed by atoms with Crippen LogP contribution in [0.4, 0.5) is 0 Å². The number of carbonyl (C=O) groups is 2. The fraction of sp³-hybridized carbons (Fsp3) is 0.269. The second kappa shape index (κ2) is 10.7. The summed E-state index contributed by atoms with van der Waals surface area (Å²) < 4.78 is 5.94. The molecule has 1 atom stereocenters. The highest BCUT2D eigenvalue weighted by Crippen LogP contribution is 2.23. The van der Waals surface area contributed by atoms with Gasteiger partial charge in [0, 0.05) is 25.3 Å². The highest BCUT2D eigenvalue weighted by Gasteiger charge is 2.31. The quantitative estimate of drug-likeness (QED) is 0.558. The van der Waals surface area contributed by atoms with Crippen LogP contribution in [0.25, 0.3) is 0 Å². The smallest absolute Gasteiger partial charge is 0.237 e. The van der Waals surface area contributed by atoms with Crippen LogP contribution in [-0.4, -0.2) is 40.8 Å². The summed E-state index contributed by atoms with van der Waals surface area (Å²) in [6.45, 7) is 4.04. The molecule has 1 fully saturated rings. The van der Waals surface area contributed by atoms with Gasteiger partial charge in [-0.3, -0.25) is 19.5 Å². The molecular weight excluding hydrogens is 416 g/mol. The van der Waals surface area contributed by atoms with E-state index >= 15 is 0 Å². The zero-order valence-corrected chi connectivity index (χ0v) is 18.7. The SMILES string of the molecule is Cc1cccc(CNC(=O)CC2C(=O)NCCN2Cc2cccc(Oc3ccccc3)c2)n1. The second-order valence-electron chi connectivity index (χ2n) is 8.09. The third-order valence-electron chi connectivity index (χ3n) is 5.50. The molecule has 7 nitrogen and oxygen atoms in total. The van der Waals surface area contributed by atoms with E-state index in [1.54, 1.807) is 0 Å². The lowest BCUT2D eigenvalue weighted by molar-refractivity contribution is -0.134. The molecule has 2 N–H and O–H groups in total. The van der Waals surface area contributed by atoms with Crippen LogP contribution in [0, 0.1) is 6.92 Å². The Morgan fingerprint density at radius 2 is 1.88 bits per heavy atom. The van der Waals surface area contributed by atoms with Gasteiger partial charge in [-0.15, -0.1) is 0 Å². The number of amides is 2. The zero-order chi connectivity index (χ0) is 23.0. The molecule has 1 aliphatic rings. The number of rotatable bonds is 8. The van der Waals surface area contributed by atoms with Crippen molar-refractivity contribution >= 4 is 11.8 Å². The predicted octanol–water partition coefficient (Wildman–Crippen LogP) is 3.19. The number of nitrogens with zero attached hydrogens (tertiary/aromatic N) is 2. The number of hydrogen-bond donors (Lipinski definition) is 2. The number of aromatic nitrogens is 1. The maximum absolute atomic E-state index is 12.6. The van der Waals surface area contributed by atoms with Crippen molar-refractivity contribution in [2.24, 2.45) is 0 Å². The molecule has 33 heavy (non-hydrogen) atoms.